The Bertz CT molecular complexity index is 2340. The first-order valence-electron chi connectivity index (χ1n) is 26.0. The summed E-state index contributed by atoms with van der Waals surface area (Å²) in [6.07, 6.45) is -11.8. The molecule has 4 saturated carbocycles. The average molecular weight is 1060 g/mol. The van der Waals surface area contributed by atoms with Crippen LogP contribution in [0.3, 0.4) is 0 Å². The average Bonchev–Trinajstić information content (AvgIpc) is 3.80. The van der Waals surface area contributed by atoms with Crippen molar-refractivity contribution in [3.63, 3.8) is 0 Å². The van der Waals surface area contributed by atoms with Crippen molar-refractivity contribution >= 4 is 52.5 Å². The fourth-order valence-corrected chi connectivity index (χ4v) is 15.2. The van der Waals surface area contributed by atoms with Gasteiger partial charge in [-0.2, -0.15) is 0 Å². The van der Waals surface area contributed by atoms with E-state index >= 15 is 0 Å². The Morgan fingerprint density at radius 1 is 0.767 bits per heavy atom. The quantitative estimate of drug-likeness (QED) is 0.127. The second-order valence-corrected chi connectivity index (χ2v) is 23.5. The van der Waals surface area contributed by atoms with E-state index in [2.05, 4.69) is 38.3 Å². The van der Waals surface area contributed by atoms with E-state index in [-0.39, 0.29) is 67.9 Å². The molecule has 4 saturated heterocycles. The number of nitrogens with one attached hydrogen (secondary N) is 2. The van der Waals surface area contributed by atoms with Gasteiger partial charge in [-0.15, -0.1) is 0 Å². The lowest BCUT2D eigenvalue weighted by Crippen LogP contribution is -2.65. The summed E-state index contributed by atoms with van der Waals surface area (Å²) >= 11 is 12.4. The second-order valence-electron chi connectivity index (χ2n) is 22.7. The lowest BCUT2D eigenvalue weighted by Gasteiger charge is -2.60. The monoisotopic (exact) mass is 1060 g/mol. The zero-order valence-electron chi connectivity index (χ0n) is 41.6. The van der Waals surface area contributed by atoms with E-state index in [1.165, 1.54) is 18.2 Å². The van der Waals surface area contributed by atoms with Crippen molar-refractivity contribution in [2.45, 2.75) is 165 Å². The third-order valence-corrected chi connectivity index (χ3v) is 19.1. The van der Waals surface area contributed by atoms with Gasteiger partial charge in [-0.25, -0.2) is 9.59 Å². The molecule has 402 valence electrons. The summed E-state index contributed by atoms with van der Waals surface area (Å²) in [6, 6.07) is 12.7. The Morgan fingerprint density at radius 2 is 1.41 bits per heavy atom. The fraction of sp³-hybridized carbons (Fsp3) is 0.717. The minimum Gasteiger partial charge on any atom is -0.446 e. The van der Waals surface area contributed by atoms with E-state index in [1.807, 2.05) is 0 Å². The van der Waals surface area contributed by atoms with Crippen LogP contribution in [0.15, 0.2) is 48.5 Å². The van der Waals surface area contributed by atoms with Crippen molar-refractivity contribution in [3.05, 3.63) is 58.6 Å². The number of fused-ring (bicyclic) bond motifs is 7. The second kappa shape index (κ2) is 21.0. The SMILES string of the molecule is CC1CC[C@@]2(OC1)OC1C[C@H]3[C@@H]4CC[C@H]5C[C@@H](O[C@@H]6O[C@@H](CO)C(O[C@@H]7O[C@@H](COC(=O)Nc8ccccc8Cl)[C@@H](OC(=O)Nc8ccccc8Cl)[C@H](O)[C@@H]7O)[C@@H](O)[C@@H]6O)CC[C@]5(C)[C@H]4C(=O)C[C@]3(C)C1[C@@H]2C. The molecular weight excluding hydrogens is 991 g/mol. The van der Waals surface area contributed by atoms with Crippen LogP contribution in [0, 0.1) is 52.3 Å². The van der Waals surface area contributed by atoms with Gasteiger partial charge < -0.3 is 63.4 Å². The molecule has 2 aromatic rings. The number of carbonyl (C=O) groups excluding carboxylic acids is 3. The number of aliphatic hydroxyl groups is 5. The molecule has 22 atom stereocenters. The maximum Gasteiger partial charge on any atom is 0.412 e. The van der Waals surface area contributed by atoms with Crippen molar-refractivity contribution in [1.82, 2.24) is 0 Å². The van der Waals surface area contributed by atoms with Gasteiger partial charge >= 0.3 is 12.2 Å². The zero-order valence-corrected chi connectivity index (χ0v) is 43.1. The molecule has 7 N–H and O–H groups in total. The number of ketones is 1. The van der Waals surface area contributed by atoms with Crippen LogP contribution >= 0.6 is 23.2 Å². The van der Waals surface area contributed by atoms with Crippen LogP contribution in [0.5, 0.6) is 0 Å². The van der Waals surface area contributed by atoms with Crippen LogP contribution in [0.1, 0.15) is 85.5 Å². The highest BCUT2D eigenvalue weighted by Crippen LogP contribution is 2.70. The number of para-hydroxylation sites is 2. The van der Waals surface area contributed by atoms with Gasteiger partial charge in [-0.1, -0.05) is 75.2 Å². The van der Waals surface area contributed by atoms with Gasteiger partial charge in [-0.3, -0.25) is 15.4 Å². The smallest absolute Gasteiger partial charge is 0.412 e. The highest BCUT2D eigenvalue weighted by molar-refractivity contribution is 6.34. The molecule has 0 aromatic heterocycles. The molecule has 73 heavy (non-hydrogen) atoms. The van der Waals surface area contributed by atoms with Crippen LogP contribution in [0.2, 0.25) is 10.0 Å². The molecule has 4 aliphatic heterocycles. The van der Waals surface area contributed by atoms with E-state index < -0.39 is 98.7 Å². The molecule has 1 spiro atoms. The summed E-state index contributed by atoms with van der Waals surface area (Å²) in [5.74, 6) is 1.54. The molecular formula is C53H70Cl2N2O16. The van der Waals surface area contributed by atoms with Gasteiger partial charge in [0.1, 0.15) is 55.1 Å². The predicted octanol–water partition coefficient (Wildman–Crippen LogP) is 6.44. The molecule has 18 nitrogen and oxygen atoms in total. The van der Waals surface area contributed by atoms with E-state index in [0.717, 1.165) is 38.5 Å². The number of amides is 2. The molecule has 0 bridgehead atoms. The lowest BCUT2D eigenvalue weighted by atomic mass is 9.44. The maximum absolute atomic E-state index is 14.7. The first kappa shape index (κ1) is 53.2. The maximum atomic E-state index is 14.7. The molecule has 10 rings (SSSR count). The van der Waals surface area contributed by atoms with E-state index in [9.17, 15) is 39.9 Å². The van der Waals surface area contributed by atoms with Gasteiger partial charge in [0, 0.05) is 24.7 Å². The van der Waals surface area contributed by atoms with Crippen LogP contribution in [-0.2, 0) is 42.7 Å². The highest BCUT2D eigenvalue weighted by Gasteiger charge is 2.71. The lowest BCUT2D eigenvalue weighted by molar-refractivity contribution is -0.363. The summed E-state index contributed by atoms with van der Waals surface area (Å²) in [7, 11) is 0. The third kappa shape index (κ3) is 9.82. The molecule has 2 aromatic carbocycles. The number of rotatable bonds is 10. The Hall–Kier alpha value is -3.21. The molecule has 2 amide bonds. The van der Waals surface area contributed by atoms with Gasteiger partial charge in [0.05, 0.1) is 46.8 Å². The summed E-state index contributed by atoms with van der Waals surface area (Å²) in [5, 5.41) is 62.0. The number of anilines is 2. The number of halogens is 2. The molecule has 4 heterocycles. The normalized spacial score (nSPS) is 45.1. The van der Waals surface area contributed by atoms with Crippen LogP contribution in [-0.4, -0.2) is 143 Å². The minimum absolute atomic E-state index is 0.0740. The van der Waals surface area contributed by atoms with Crippen LogP contribution in [0.4, 0.5) is 21.0 Å². The number of aliphatic hydroxyl groups excluding tert-OH is 5. The van der Waals surface area contributed by atoms with Crippen molar-refractivity contribution < 1.29 is 77.8 Å². The summed E-state index contributed by atoms with van der Waals surface area (Å²) < 4.78 is 48.9. The Morgan fingerprint density at radius 3 is 2.07 bits per heavy atom. The van der Waals surface area contributed by atoms with Gasteiger partial charge in [0.15, 0.2) is 24.5 Å². The van der Waals surface area contributed by atoms with Gasteiger partial charge in [0.25, 0.3) is 0 Å². The highest BCUT2D eigenvalue weighted by atomic mass is 35.5. The largest absolute Gasteiger partial charge is 0.446 e. The van der Waals surface area contributed by atoms with Crippen molar-refractivity contribution in [2.24, 2.45) is 52.3 Å². The van der Waals surface area contributed by atoms with Crippen LogP contribution in [0.25, 0.3) is 0 Å². The number of Topliss-reactive ketones (excluding diaryl/α,β-unsaturated/α-hetero) is 1. The third-order valence-electron chi connectivity index (χ3n) is 18.5. The number of hydrogen-bond donors (Lipinski definition) is 7. The van der Waals surface area contributed by atoms with Gasteiger partial charge in [-0.05, 0) is 110 Å². The topological polar surface area (TPSA) is 250 Å². The van der Waals surface area contributed by atoms with Crippen molar-refractivity contribution in [3.8, 4) is 0 Å². The molecule has 0 radical (unpaired) electrons. The van der Waals surface area contributed by atoms with Gasteiger partial charge in [0.2, 0.25) is 0 Å². The Kier molecular flexibility index (Phi) is 15.3. The summed E-state index contributed by atoms with van der Waals surface area (Å²) in [4.78, 5) is 40.7. The molecule has 8 aliphatic rings. The minimum atomic E-state index is -1.96. The Labute approximate surface area is 434 Å². The number of ether oxygens (including phenoxy) is 8. The van der Waals surface area contributed by atoms with E-state index in [1.54, 1.807) is 30.3 Å². The molecule has 4 aliphatic carbocycles. The number of carbonyl (C=O) groups is 3. The molecule has 4 unspecified atom stereocenters. The zero-order chi connectivity index (χ0) is 51.7. The molecule has 20 heteroatoms. The van der Waals surface area contributed by atoms with Crippen molar-refractivity contribution in [2.75, 3.05) is 30.5 Å². The number of hydrogen-bond acceptors (Lipinski definition) is 16. The summed E-state index contributed by atoms with van der Waals surface area (Å²) in [5.41, 5.74) is 0.0212. The standard InChI is InChI=1S/C53H70Cl2N2O16/c1-25-15-18-53(67-23-25)26(2)39-36(73-53)20-30-29-14-13-27-19-28(16-17-51(27,3)40(29)35(59)21-52(30,39)4)68-47-43(62)41(60)45(37(22-58)69-47)71-48-44(63)42(61)46(72-50(65)57-34-12-8-6-10-32(34)55)38(70-48)24-66-49(64)56-33-11-7-5-9-31(33)54/h5-12,25-30,36-48,58,60-63H,13-24H2,1-4H3,(H,56,64)(H,57,65)/t25?,26-,27-,28-,29-,30-,36?,37-,38-,39?,40+,41-,42+,43-,44-,45?,46+,47+,48-,51-,52-,53+/m0/s1. The van der Waals surface area contributed by atoms with Crippen LogP contribution < -0.4 is 10.6 Å². The molecule has 8 fully saturated rings. The first-order valence-corrected chi connectivity index (χ1v) is 26.8. The van der Waals surface area contributed by atoms with E-state index in [4.69, 9.17) is 61.1 Å². The van der Waals surface area contributed by atoms with Crippen molar-refractivity contribution in [1.29, 1.82) is 0 Å². The van der Waals surface area contributed by atoms with E-state index in [0.29, 0.717) is 43.5 Å². The fourth-order valence-electron chi connectivity index (χ4n) is 14.8. The first-order chi connectivity index (χ1) is 34.8. The summed E-state index contributed by atoms with van der Waals surface area (Å²) in [6.45, 7) is 8.45. The predicted molar refractivity (Wildman–Crippen MR) is 262 cm³/mol. The number of benzene rings is 2. The Balaban J connectivity index is 0.775.